The van der Waals surface area contributed by atoms with E-state index in [1.807, 2.05) is 0 Å². The molecule has 12 heteroatoms. The van der Waals surface area contributed by atoms with Crippen molar-refractivity contribution in [1.29, 1.82) is 0 Å². The second-order valence-electron chi connectivity index (χ2n) is 10.0. The lowest BCUT2D eigenvalue weighted by Gasteiger charge is -2.17. The number of nitrogens with zero attached hydrogens (tertiary/aromatic N) is 4. The van der Waals surface area contributed by atoms with Crippen LogP contribution in [0.4, 0.5) is 23.4 Å². The Bertz CT molecular complexity index is 1400. The third-order valence-corrected chi connectivity index (χ3v) is 7.56. The first-order chi connectivity index (χ1) is 17.1. The number of fused-ring (bicyclic) bond motifs is 2. The second-order valence-corrected chi connectivity index (χ2v) is 10.0. The molecule has 8 nitrogen and oxygen atoms in total. The summed E-state index contributed by atoms with van der Waals surface area (Å²) in [4.78, 5) is 19.8. The summed E-state index contributed by atoms with van der Waals surface area (Å²) in [6.07, 6.45) is -3.22. The van der Waals surface area contributed by atoms with Crippen LogP contribution in [0, 0.1) is 24.6 Å². The van der Waals surface area contributed by atoms with E-state index >= 15 is 4.39 Å². The van der Waals surface area contributed by atoms with Crippen molar-refractivity contribution in [3.63, 3.8) is 0 Å². The van der Waals surface area contributed by atoms with E-state index in [1.54, 1.807) is 4.68 Å². The van der Waals surface area contributed by atoms with Gasteiger partial charge in [0.25, 0.3) is 0 Å². The normalized spacial score (nSPS) is 23.3. The van der Waals surface area contributed by atoms with Gasteiger partial charge in [-0.2, -0.15) is 18.3 Å². The second kappa shape index (κ2) is 7.86. The fourth-order valence-electron chi connectivity index (χ4n) is 5.78. The molecule has 2 unspecified atom stereocenters. The van der Waals surface area contributed by atoms with Gasteiger partial charge in [0.05, 0.1) is 28.7 Å². The maximum absolute atomic E-state index is 16.3. The molecule has 2 aliphatic carbocycles. The third-order valence-electron chi connectivity index (χ3n) is 7.56. The predicted molar refractivity (Wildman–Crippen MR) is 123 cm³/mol. The number of nitrogens with two attached hydrogens (primary N) is 2. The van der Waals surface area contributed by atoms with Gasteiger partial charge in [-0.25, -0.2) is 14.4 Å². The smallest absolute Gasteiger partial charge is 0.384 e. The zero-order valence-corrected chi connectivity index (χ0v) is 19.5. The molecule has 0 radical (unpaired) electrons. The van der Waals surface area contributed by atoms with Crippen molar-refractivity contribution in [3.05, 3.63) is 34.5 Å². The van der Waals surface area contributed by atoms with Crippen LogP contribution in [0.2, 0.25) is 0 Å². The molecule has 3 aromatic heterocycles. The minimum absolute atomic E-state index is 0.0296. The number of carbonyl (C=O) groups excluding carboxylic acids is 1. The zero-order valence-electron chi connectivity index (χ0n) is 19.5. The van der Waals surface area contributed by atoms with Crippen LogP contribution >= 0.6 is 0 Å². The molecule has 0 bridgehead atoms. The van der Waals surface area contributed by atoms with Crippen LogP contribution in [-0.2, 0) is 17.4 Å². The van der Waals surface area contributed by atoms with E-state index < -0.39 is 34.7 Å². The number of aromatic nitrogens is 4. The maximum atomic E-state index is 16.3. The van der Waals surface area contributed by atoms with Gasteiger partial charge in [0, 0.05) is 23.3 Å². The number of primary amides is 1. The third kappa shape index (κ3) is 3.61. The number of anilines is 1. The minimum atomic E-state index is -4.81. The zero-order chi connectivity index (χ0) is 25.5. The molecule has 1 aliphatic heterocycles. The van der Waals surface area contributed by atoms with Gasteiger partial charge in [-0.3, -0.25) is 9.48 Å². The highest BCUT2D eigenvalue weighted by atomic mass is 19.4. The number of alkyl halides is 3. The summed E-state index contributed by atoms with van der Waals surface area (Å²) in [6.45, 7) is 2.85. The van der Waals surface area contributed by atoms with Crippen LogP contribution in [0.5, 0.6) is 0 Å². The molecule has 4 heterocycles. The number of hydrogen-bond donors (Lipinski definition) is 3. The highest BCUT2D eigenvalue weighted by Gasteiger charge is 2.56. The molecule has 3 aromatic rings. The van der Waals surface area contributed by atoms with Gasteiger partial charge in [-0.15, -0.1) is 0 Å². The quantitative estimate of drug-likeness (QED) is 0.444. The van der Waals surface area contributed by atoms with Crippen molar-refractivity contribution in [2.24, 2.45) is 17.6 Å². The molecule has 0 spiro atoms. The number of nitrogen functional groups attached to an aromatic ring is 1. The van der Waals surface area contributed by atoms with Gasteiger partial charge in [-0.1, -0.05) is 0 Å². The Morgan fingerprint density at radius 1 is 1.22 bits per heavy atom. The summed E-state index contributed by atoms with van der Waals surface area (Å²) >= 11 is 0. The number of amides is 1. The summed E-state index contributed by atoms with van der Waals surface area (Å²) in [5, 5.41) is 8.64. The molecule has 1 amide bonds. The molecule has 190 valence electrons. The topological polar surface area (TPSA) is 125 Å². The van der Waals surface area contributed by atoms with E-state index in [1.165, 1.54) is 6.92 Å². The molecule has 3 aliphatic rings. The number of rotatable bonds is 6. The number of carbonyl (C=O) groups is 1. The van der Waals surface area contributed by atoms with Gasteiger partial charge in [0.2, 0.25) is 5.91 Å². The Morgan fingerprint density at radius 2 is 1.92 bits per heavy atom. The first kappa shape index (κ1) is 23.1. The lowest BCUT2D eigenvalue weighted by Crippen LogP contribution is -2.15. The molecule has 1 saturated heterocycles. The number of pyridine rings is 2. The van der Waals surface area contributed by atoms with E-state index in [2.05, 4.69) is 15.3 Å². The van der Waals surface area contributed by atoms with Gasteiger partial charge in [-0.05, 0) is 57.2 Å². The van der Waals surface area contributed by atoms with Gasteiger partial charge in [0.15, 0.2) is 5.82 Å². The standard InChI is InChI=1S/C24H25F4N7O/c1-9-19(24(26,27)28)11(6-15(29)32-9)21-20(25)23-18(14(33-21)4-5-16(30)36)22(34-35(23)10-2-3-10)17-12-7-31-8-13(12)17/h6,10,12-13,17,31H,2-5,7-8H2,1H3,(H2,29,32)(H2,30,36)/t12-,13?,17?/m0/s1. The fraction of sp³-hybridized carbons (Fsp3) is 0.500. The van der Waals surface area contributed by atoms with Crippen molar-refractivity contribution in [3.8, 4) is 11.3 Å². The van der Waals surface area contributed by atoms with E-state index in [0.717, 1.165) is 32.0 Å². The lowest BCUT2D eigenvalue weighted by molar-refractivity contribution is -0.137. The summed E-state index contributed by atoms with van der Waals surface area (Å²) in [6, 6.07) is 0.971. The molecule has 36 heavy (non-hydrogen) atoms. The highest BCUT2D eigenvalue weighted by molar-refractivity contribution is 5.90. The van der Waals surface area contributed by atoms with E-state index in [4.69, 9.17) is 16.6 Å². The molecule has 6 rings (SSSR count). The number of nitrogens with one attached hydrogen (secondary N) is 1. The van der Waals surface area contributed by atoms with Crippen LogP contribution < -0.4 is 16.8 Å². The van der Waals surface area contributed by atoms with Gasteiger partial charge < -0.3 is 16.8 Å². The summed E-state index contributed by atoms with van der Waals surface area (Å²) < 4.78 is 60.2. The first-order valence-corrected chi connectivity index (χ1v) is 12.0. The Kier molecular flexibility index (Phi) is 5.05. The summed E-state index contributed by atoms with van der Waals surface area (Å²) in [5.74, 6) is -0.760. The van der Waals surface area contributed by atoms with E-state index in [-0.39, 0.29) is 41.8 Å². The molecule has 3 atom stereocenters. The fourth-order valence-corrected chi connectivity index (χ4v) is 5.78. The SMILES string of the molecule is Cc1nc(N)cc(-c2nc(CCC(N)=O)c3c(C4C5CNC[C@@H]54)nn(C4CC4)c3c2F)c1C(F)(F)F. The monoisotopic (exact) mass is 503 g/mol. The predicted octanol–water partition coefficient (Wildman–Crippen LogP) is 3.23. The minimum Gasteiger partial charge on any atom is -0.384 e. The molecule has 2 saturated carbocycles. The van der Waals surface area contributed by atoms with Crippen LogP contribution in [0.25, 0.3) is 22.2 Å². The van der Waals surface area contributed by atoms with Crippen molar-refractivity contribution in [2.45, 2.75) is 50.7 Å². The average Bonchev–Trinajstić information content (AvgIpc) is 3.66. The van der Waals surface area contributed by atoms with Crippen molar-refractivity contribution >= 4 is 22.6 Å². The van der Waals surface area contributed by atoms with Gasteiger partial charge >= 0.3 is 6.18 Å². The molecular formula is C24H25F4N7O. The van der Waals surface area contributed by atoms with E-state index in [9.17, 15) is 18.0 Å². The summed E-state index contributed by atoms with van der Waals surface area (Å²) in [7, 11) is 0. The van der Waals surface area contributed by atoms with Crippen LogP contribution in [0.15, 0.2) is 6.07 Å². The Hall–Kier alpha value is -3.28. The highest BCUT2D eigenvalue weighted by Crippen LogP contribution is 2.58. The van der Waals surface area contributed by atoms with Crippen molar-refractivity contribution < 1.29 is 22.4 Å². The average molecular weight is 504 g/mol. The van der Waals surface area contributed by atoms with Crippen LogP contribution in [0.3, 0.4) is 0 Å². The molecule has 3 fully saturated rings. The van der Waals surface area contributed by atoms with Crippen molar-refractivity contribution in [2.75, 3.05) is 18.8 Å². The van der Waals surface area contributed by atoms with Crippen LogP contribution in [0.1, 0.15) is 53.9 Å². The largest absolute Gasteiger partial charge is 0.418 e. The molecule has 5 N–H and O–H groups in total. The maximum Gasteiger partial charge on any atom is 0.418 e. The number of halogens is 4. The summed E-state index contributed by atoms with van der Waals surface area (Å²) in [5.41, 5.74) is 9.93. The van der Waals surface area contributed by atoms with Crippen molar-refractivity contribution in [1.82, 2.24) is 25.1 Å². The molecular weight excluding hydrogens is 478 g/mol. The molecule has 0 aromatic carbocycles. The Labute approximate surface area is 203 Å². The van der Waals surface area contributed by atoms with E-state index in [0.29, 0.717) is 28.6 Å². The lowest BCUT2D eigenvalue weighted by atomic mass is 9.98. The van der Waals surface area contributed by atoms with Gasteiger partial charge in [0.1, 0.15) is 17.0 Å². The number of hydrogen-bond acceptors (Lipinski definition) is 6. The number of piperidine rings is 1. The first-order valence-electron chi connectivity index (χ1n) is 12.0. The Balaban J connectivity index is 1.64. The Morgan fingerprint density at radius 3 is 2.53 bits per heavy atom. The van der Waals surface area contributed by atoms with Crippen LogP contribution in [-0.4, -0.2) is 38.7 Å². The number of aryl methyl sites for hydroxylation is 2.